The molecule has 0 spiro atoms. The van der Waals surface area contributed by atoms with Gasteiger partial charge < -0.3 is 86.4 Å². The van der Waals surface area contributed by atoms with E-state index in [-0.39, 0.29) is 81.8 Å². The van der Waals surface area contributed by atoms with Crippen molar-refractivity contribution in [2.75, 3.05) is 26.2 Å². The van der Waals surface area contributed by atoms with Crippen LogP contribution in [0.3, 0.4) is 0 Å². The zero-order valence-corrected chi connectivity index (χ0v) is 42.3. The number of aromatic nitrogens is 1. The number of carbonyl (C=O) groups excluding carboxylic acids is 8. The van der Waals surface area contributed by atoms with E-state index in [9.17, 15) is 53.4 Å². The lowest BCUT2D eigenvalue weighted by Crippen LogP contribution is -2.60. The minimum absolute atomic E-state index is 0.0227. The predicted octanol–water partition coefficient (Wildman–Crippen LogP) is -4.14. The van der Waals surface area contributed by atoms with Crippen LogP contribution in [0.25, 0.3) is 10.9 Å². The van der Waals surface area contributed by atoms with Crippen LogP contribution < -0.4 is 71.2 Å². The number of rotatable bonds is 32. The van der Waals surface area contributed by atoms with E-state index < -0.39 is 115 Å². The lowest BCUT2D eigenvalue weighted by molar-refractivity contribution is -0.141. The van der Waals surface area contributed by atoms with Crippen LogP contribution in [-0.4, -0.2) is 155 Å². The molecule has 0 aliphatic heterocycles. The molecule has 0 unspecified atom stereocenters. The summed E-state index contributed by atoms with van der Waals surface area (Å²) < 4.78 is 0. The topological polar surface area (TPSA) is 461 Å². The molecule has 1 aromatic heterocycles. The molecule has 0 radical (unpaired) electrons. The molecule has 0 bridgehead atoms. The van der Waals surface area contributed by atoms with Gasteiger partial charge in [-0.05, 0) is 75.8 Å². The van der Waals surface area contributed by atoms with Crippen LogP contribution in [0.4, 0.5) is 0 Å². The van der Waals surface area contributed by atoms with Crippen molar-refractivity contribution < 1.29 is 53.4 Å². The molecule has 27 heteroatoms. The number of aliphatic carboxylic acids is 1. The van der Waals surface area contributed by atoms with Gasteiger partial charge in [-0.15, -0.1) is 0 Å². The number of benzene rings is 1. The molecule has 0 saturated carbocycles. The van der Waals surface area contributed by atoms with Crippen molar-refractivity contribution in [3.63, 3.8) is 0 Å². The van der Waals surface area contributed by atoms with Crippen molar-refractivity contribution in [1.29, 1.82) is 0 Å². The zero-order valence-electron chi connectivity index (χ0n) is 42.3. The van der Waals surface area contributed by atoms with Crippen LogP contribution in [0.2, 0.25) is 0 Å². The normalized spacial score (nSPS) is 14.4. The number of aliphatic hydroxyl groups excluding tert-OH is 1. The minimum atomic E-state index is -1.64. The van der Waals surface area contributed by atoms with E-state index in [0.717, 1.165) is 10.9 Å². The van der Waals surface area contributed by atoms with Crippen LogP contribution in [0.5, 0.6) is 0 Å². The number of aromatic amines is 1. The van der Waals surface area contributed by atoms with Crippen molar-refractivity contribution in [2.24, 2.45) is 50.5 Å². The molecule has 2 rings (SSSR count). The van der Waals surface area contributed by atoms with Crippen molar-refractivity contribution >= 4 is 76.0 Å². The first-order valence-electron chi connectivity index (χ1n) is 24.0. The summed E-state index contributed by atoms with van der Waals surface area (Å²) in [4.78, 5) is 130. The summed E-state index contributed by atoms with van der Waals surface area (Å²) in [6.07, 6.45) is 2.08. The monoisotopic (exact) mass is 1030 g/mol. The summed E-state index contributed by atoms with van der Waals surface area (Å²) in [5, 5.41) is 40.7. The van der Waals surface area contributed by atoms with Crippen LogP contribution >= 0.6 is 0 Å². The highest BCUT2D eigenvalue weighted by Crippen LogP contribution is 2.19. The van der Waals surface area contributed by atoms with Crippen molar-refractivity contribution in [2.45, 2.75) is 135 Å². The number of para-hydroxylation sites is 1. The molecule has 27 nitrogen and oxygen atoms in total. The molecule has 73 heavy (non-hydrogen) atoms. The third kappa shape index (κ3) is 22.6. The second-order valence-corrected chi connectivity index (χ2v) is 18.4. The Morgan fingerprint density at radius 1 is 0.589 bits per heavy atom. The Morgan fingerprint density at radius 3 is 1.56 bits per heavy atom. The van der Waals surface area contributed by atoms with E-state index >= 15 is 0 Å². The third-order valence-corrected chi connectivity index (χ3v) is 11.0. The number of hydrogen-bond acceptors (Lipinski definition) is 13. The smallest absolute Gasteiger partial charge is 0.326 e. The Morgan fingerprint density at radius 2 is 1.05 bits per heavy atom. The van der Waals surface area contributed by atoms with Crippen LogP contribution in [0, 0.1) is 11.8 Å². The number of aliphatic imine (C=N–C) groups is 2. The molecule has 0 saturated heterocycles. The van der Waals surface area contributed by atoms with E-state index in [0.29, 0.717) is 5.56 Å². The van der Waals surface area contributed by atoms with Gasteiger partial charge in [-0.2, -0.15) is 0 Å². The Labute approximate surface area is 423 Å². The number of amides is 8. The van der Waals surface area contributed by atoms with Crippen molar-refractivity contribution in [1.82, 2.24) is 47.5 Å². The highest BCUT2D eigenvalue weighted by Gasteiger charge is 2.33. The molecule has 21 N–H and O–H groups in total. The van der Waals surface area contributed by atoms with E-state index in [2.05, 4.69) is 57.5 Å². The maximum atomic E-state index is 14.0. The summed E-state index contributed by atoms with van der Waals surface area (Å²) in [5.41, 5.74) is 29.0. The number of nitrogens with one attached hydrogen (secondary N) is 9. The summed E-state index contributed by atoms with van der Waals surface area (Å²) in [6, 6.07) is -3.07. The summed E-state index contributed by atoms with van der Waals surface area (Å²) in [5.74, 6) is -8.53. The largest absolute Gasteiger partial charge is 0.480 e. The third-order valence-electron chi connectivity index (χ3n) is 11.0. The van der Waals surface area contributed by atoms with Gasteiger partial charge in [0.2, 0.25) is 47.3 Å². The number of H-pyrrole nitrogens is 1. The SMILES string of the molecule is CC(C)C[C@H](NC(=O)[C@H](C)N)C(=O)N[C@@H](CCCN=C(N)N)C(=O)N[C@@H](CCCN=C(N)N)C(=O)N[C@@H](C)C(=O)N[C@@H](CO)C(=O)N[C@@H](CC(C)C)C(=O)NCC(=O)N[C@@H](Cc1c[nH]c2ccccc12)C(=O)O. The van der Waals surface area contributed by atoms with E-state index in [4.69, 9.17) is 28.7 Å². The Hall–Kier alpha value is -7.55. The standard InChI is InChI=1S/C46H76N16O11/c1-23(2)17-32(39(67)55-21-36(64)57-34(44(72)73)19-27-20-54-29-12-8-7-11-28(27)29)61-43(71)35(22-63)62-38(66)26(6)56-40(68)30(13-9-15-52-45(48)49)58-41(69)31(14-10-16-53-46(50)51)59-42(70)33(18-24(3)4)60-37(65)25(5)47/h7-8,11-12,20,23-26,30-35,54,63H,9-10,13-19,21-22,47H2,1-6H3,(H,55,67)(H,56,68)(H,57,64)(H,58,69)(H,59,70)(H,60,65)(H,61,71)(H,62,66)(H,72,73)(H4,48,49,52)(H4,50,51,53)/t25-,26-,30-,31-,32-,33-,34-,35-/m0/s1. The van der Waals surface area contributed by atoms with Gasteiger partial charge in [0.15, 0.2) is 11.9 Å². The molecule has 406 valence electrons. The van der Waals surface area contributed by atoms with E-state index in [1.165, 1.54) is 13.8 Å². The number of guanidine groups is 2. The maximum absolute atomic E-state index is 14.0. The number of carbonyl (C=O) groups is 9. The van der Waals surface area contributed by atoms with Gasteiger partial charge in [0, 0.05) is 36.6 Å². The van der Waals surface area contributed by atoms with Gasteiger partial charge in [-0.3, -0.25) is 48.3 Å². The van der Waals surface area contributed by atoms with E-state index in [1.807, 2.05) is 32.0 Å². The van der Waals surface area contributed by atoms with Gasteiger partial charge in [-0.1, -0.05) is 45.9 Å². The lowest BCUT2D eigenvalue weighted by Gasteiger charge is -2.27. The van der Waals surface area contributed by atoms with Gasteiger partial charge in [0.05, 0.1) is 19.2 Å². The molecule has 2 aromatic rings. The first-order chi connectivity index (χ1) is 34.3. The molecule has 8 amide bonds. The highest BCUT2D eigenvalue weighted by atomic mass is 16.4. The average molecular weight is 1030 g/mol. The van der Waals surface area contributed by atoms with E-state index in [1.54, 1.807) is 26.1 Å². The fourth-order valence-corrected chi connectivity index (χ4v) is 7.20. The van der Waals surface area contributed by atoms with Gasteiger partial charge >= 0.3 is 5.97 Å². The Kier molecular flexibility index (Phi) is 26.2. The van der Waals surface area contributed by atoms with Crippen LogP contribution in [-0.2, 0) is 49.6 Å². The first-order valence-corrected chi connectivity index (χ1v) is 24.0. The number of fused-ring (bicyclic) bond motifs is 1. The molecule has 0 fully saturated rings. The molecule has 1 aromatic carbocycles. The molecule has 0 aliphatic carbocycles. The van der Waals surface area contributed by atoms with Crippen LogP contribution in [0.15, 0.2) is 40.4 Å². The molecule has 1 heterocycles. The maximum Gasteiger partial charge on any atom is 0.326 e. The quantitative estimate of drug-likeness (QED) is 0.0188. The Bertz CT molecular complexity index is 2260. The second kappa shape index (κ2) is 31.0. The molecule has 0 aliphatic rings. The average Bonchev–Trinajstić information content (AvgIpc) is 3.72. The summed E-state index contributed by atoms with van der Waals surface area (Å²) >= 11 is 0. The number of hydrogen-bond donors (Lipinski definition) is 16. The van der Waals surface area contributed by atoms with Gasteiger partial charge in [0.25, 0.3) is 0 Å². The lowest BCUT2D eigenvalue weighted by atomic mass is 10.0. The number of nitrogens with two attached hydrogens (primary N) is 5. The number of nitrogens with zero attached hydrogens (tertiary/aromatic N) is 2. The summed E-state index contributed by atoms with van der Waals surface area (Å²) in [7, 11) is 0. The van der Waals surface area contributed by atoms with Crippen LogP contribution in [0.1, 0.15) is 85.6 Å². The van der Waals surface area contributed by atoms with Crippen molar-refractivity contribution in [3.8, 4) is 0 Å². The van der Waals surface area contributed by atoms with Gasteiger partial charge in [-0.25, -0.2) is 4.79 Å². The molecular weight excluding hydrogens is 953 g/mol. The number of carboxylic acid groups (broad SMARTS) is 1. The fraction of sp³-hybridized carbons (Fsp3) is 0.587. The summed E-state index contributed by atoms with van der Waals surface area (Å²) in [6.45, 7) is 8.42. The second-order valence-electron chi connectivity index (χ2n) is 18.4. The van der Waals surface area contributed by atoms with Gasteiger partial charge in [0.1, 0.15) is 42.3 Å². The zero-order chi connectivity index (χ0) is 54.9. The Balaban J connectivity index is 2.19. The van der Waals surface area contributed by atoms with Crippen molar-refractivity contribution in [3.05, 3.63) is 36.0 Å². The highest BCUT2D eigenvalue weighted by molar-refractivity contribution is 5.98. The number of aliphatic hydroxyl groups is 1. The predicted molar refractivity (Wildman–Crippen MR) is 271 cm³/mol. The fourth-order valence-electron chi connectivity index (χ4n) is 7.20. The molecule has 8 atom stereocenters. The minimum Gasteiger partial charge on any atom is -0.480 e. The first kappa shape index (κ1) is 61.6. The molecular formula is C46H76N16O11. The number of carboxylic acids is 1.